The SMILES string of the molecule is CC(=O)N1CC[C@H](n2cc(-c3ccc4ncsc4c3)c(-c3cccc(C)n3)n2)C1. The number of nitrogens with zero attached hydrogens (tertiary/aromatic N) is 5. The molecule has 0 spiro atoms. The summed E-state index contributed by atoms with van der Waals surface area (Å²) in [4.78, 5) is 22.7. The number of amides is 1. The highest BCUT2D eigenvalue weighted by molar-refractivity contribution is 7.16. The Morgan fingerprint density at radius 3 is 2.93 bits per heavy atom. The molecule has 0 bridgehead atoms. The van der Waals surface area contributed by atoms with E-state index in [1.807, 2.05) is 40.2 Å². The van der Waals surface area contributed by atoms with Gasteiger partial charge < -0.3 is 4.90 Å². The molecule has 29 heavy (non-hydrogen) atoms. The van der Waals surface area contributed by atoms with E-state index in [0.29, 0.717) is 6.54 Å². The van der Waals surface area contributed by atoms with E-state index in [4.69, 9.17) is 10.1 Å². The quantitative estimate of drug-likeness (QED) is 0.511. The van der Waals surface area contributed by atoms with E-state index < -0.39 is 0 Å². The first-order chi connectivity index (χ1) is 14.1. The number of hydrogen-bond donors (Lipinski definition) is 0. The second-order valence-electron chi connectivity index (χ2n) is 7.48. The summed E-state index contributed by atoms with van der Waals surface area (Å²) < 4.78 is 3.18. The number of likely N-dealkylation sites (tertiary alicyclic amines) is 1. The van der Waals surface area contributed by atoms with Gasteiger partial charge in [0.15, 0.2) is 0 Å². The minimum atomic E-state index is 0.121. The average Bonchev–Trinajstić information content (AvgIpc) is 3.45. The van der Waals surface area contributed by atoms with Gasteiger partial charge in [-0.1, -0.05) is 12.1 Å². The van der Waals surface area contributed by atoms with Gasteiger partial charge in [0.25, 0.3) is 0 Å². The summed E-state index contributed by atoms with van der Waals surface area (Å²) in [7, 11) is 0. The molecule has 3 aromatic heterocycles. The van der Waals surface area contributed by atoms with Crippen LogP contribution in [0.4, 0.5) is 0 Å². The molecule has 7 heteroatoms. The topological polar surface area (TPSA) is 63.9 Å². The van der Waals surface area contributed by atoms with E-state index >= 15 is 0 Å². The van der Waals surface area contributed by atoms with Crippen molar-refractivity contribution in [2.75, 3.05) is 13.1 Å². The Morgan fingerprint density at radius 2 is 2.14 bits per heavy atom. The van der Waals surface area contributed by atoms with Crippen LogP contribution in [0.1, 0.15) is 25.1 Å². The molecule has 1 amide bonds. The maximum absolute atomic E-state index is 11.8. The maximum atomic E-state index is 11.8. The number of thiazole rings is 1. The zero-order valence-corrected chi connectivity index (χ0v) is 17.2. The second kappa shape index (κ2) is 7.08. The van der Waals surface area contributed by atoms with Gasteiger partial charge in [-0.05, 0) is 43.2 Å². The van der Waals surface area contributed by atoms with Crippen LogP contribution in [0, 0.1) is 6.92 Å². The van der Waals surface area contributed by atoms with Crippen LogP contribution in [0.2, 0.25) is 0 Å². The number of hydrogen-bond acceptors (Lipinski definition) is 5. The number of carbonyl (C=O) groups is 1. The third-order valence-corrected chi connectivity index (χ3v) is 6.28. The third-order valence-electron chi connectivity index (χ3n) is 5.49. The van der Waals surface area contributed by atoms with E-state index in [2.05, 4.69) is 29.4 Å². The van der Waals surface area contributed by atoms with Gasteiger partial charge in [0.1, 0.15) is 5.69 Å². The van der Waals surface area contributed by atoms with Crippen molar-refractivity contribution in [2.24, 2.45) is 0 Å². The lowest BCUT2D eigenvalue weighted by Gasteiger charge is -2.14. The smallest absolute Gasteiger partial charge is 0.219 e. The van der Waals surface area contributed by atoms with Crippen molar-refractivity contribution in [3.05, 3.63) is 53.8 Å². The fourth-order valence-electron chi connectivity index (χ4n) is 3.92. The standard InChI is InChI=1S/C22H21N5OS/c1-14-4-3-5-20(24-14)22-18(16-6-7-19-21(10-16)29-13-23-19)12-27(25-22)17-8-9-26(11-17)15(2)28/h3-7,10,12-13,17H,8-9,11H2,1-2H3/t17-/m0/s1. The molecular formula is C22H21N5OS. The lowest BCUT2D eigenvalue weighted by molar-refractivity contribution is -0.127. The number of fused-ring (bicyclic) bond motifs is 1. The Labute approximate surface area is 172 Å². The summed E-state index contributed by atoms with van der Waals surface area (Å²) in [5, 5.41) is 4.95. The highest BCUT2D eigenvalue weighted by atomic mass is 32.1. The number of rotatable bonds is 3. The molecule has 0 radical (unpaired) electrons. The zero-order chi connectivity index (χ0) is 20.0. The first-order valence-corrected chi connectivity index (χ1v) is 10.6. The Bertz CT molecular complexity index is 1210. The highest BCUT2D eigenvalue weighted by Gasteiger charge is 2.27. The normalized spacial score (nSPS) is 16.6. The summed E-state index contributed by atoms with van der Waals surface area (Å²) in [6.45, 7) is 5.10. The molecule has 1 fully saturated rings. The summed E-state index contributed by atoms with van der Waals surface area (Å²) in [6, 6.07) is 12.5. The van der Waals surface area contributed by atoms with Gasteiger partial charge in [0.05, 0.1) is 27.5 Å². The van der Waals surface area contributed by atoms with Crippen LogP contribution in [-0.4, -0.2) is 43.6 Å². The Kier molecular flexibility index (Phi) is 4.39. The van der Waals surface area contributed by atoms with Gasteiger partial charge in [-0.2, -0.15) is 5.10 Å². The number of aryl methyl sites for hydroxylation is 1. The first kappa shape index (κ1) is 18.0. The first-order valence-electron chi connectivity index (χ1n) is 9.71. The molecule has 1 aliphatic heterocycles. The molecule has 0 unspecified atom stereocenters. The molecule has 1 aliphatic rings. The molecule has 1 saturated heterocycles. The van der Waals surface area contributed by atoms with Crippen LogP contribution >= 0.6 is 11.3 Å². The molecule has 4 aromatic rings. The molecule has 6 nitrogen and oxygen atoms in total. The van der Waals surface area contributed by atoms with E-state index in [-0.39, 0.29) is 11.9 Å². The number of benzene rings is 1. The third kappa shape index (κ3) is 3.31. The fourth-order valence-corrected chi connectivity index (χ4v) is 4.64. The van der Waals surface area contributed by atoms with Gasteiger partial charge in [0, 0.05) is 37.5 Å². The number of carbonyl (C=O) groups excluding carboxylic acids is 1. The summed E-state index contributed by atoms with van der Waals surface area (Å²) in [5.41, 5.74) is 7.74. The minimum absolute atomic E-state index is 0.121. The zero-order valence-electron chi connectivity index (χ0n) is 16.4. The van der Waals surface area contributed by atoms with Crippen LogP contribution in [0.15, 0.2) is 48.1 Å². The van der Waals surface area contributed by atoms with Gasteiger partial charge in [-0.15, -0.1) is 11.3 Å². The average molecular weight is 404 g/mol. The predicted octanol–water partition coefficient (Wildman–Crippen LogP) is 4.32. The van der Waals surface area contributed by atoms with Crippen LogP contribution in [0.3, 0.4) is 0 Å². The summed E-state index contributed by atoms with van der Waals surface area (Å²) in [6.07, 6.45) is 3.02. The van der Waals surface area contributed by atoms with Gasteiger partial charge in [-0.3, -0.25) is 14.5 Å². The van der Waals surface area contributed by atoms with Crippen molar-refractivity contribution in [3.63, 3.8) is 0 Å². The van der Waals surface area contributed by atoms with Crippen molar-refractivity contribution >= 4 is 27.5 Å². The number of pyridine rings is 1. The molecule has 0 saturated carbocycles. The molecular weight excluding hydrogens is 382 g/mol. The van der Waals surface area contributed by atoms with E-state index in [0.717, 1.165) is 51.4 Å². The largest absolute Gasteiger partial charge is 0.341 e. The van der Waals surface area contributed by atoms with Crippen molar-refractivity contribution < 1.29 is 4.79 Å². The lowest BCUT2D eigenvalue weighted by atomic mass is 10.0. The Hall–Kier alpha value is -3.06. The predicted molar refractivity (Wildman–Crippen MR) is 115 cm³/mol. The fraction of sp³-hybridized carbons (Fsp3) is 0.273. The van der Waals surface area contributed by atoms with Crippen LogP contribution in [0.25, 0.3) is 32.7 Å². The second-order valence-corrected chi connectivity index (χ2v) is 8.36. The van der Waals surface area contributed by atoms with Crippen molar-refractivity contribution in [1.82, 2.24) is 24.6 Å². The number of aromatic nitrogens is 4. The molecule has 5 rings (SSSR count). The molecule has 1 atom stereocenters. The Balaban J connectivity index is 1.62. The molecule has 0 aliphatic carbocycles. The molecule has 0 N–H and O–H groups in total. The monoisotopic (exact) mass is 403 g/mol. The summed E-state index contributed by atoms with van der Waals surface area (Å²) in [5.74, 6) is 0.121. The van der Waals surface area contributed by atoms with E-state index in [1.54, 1.807) is 18.3 Å². The van der Waals surface area contributed by atoms with Crippen LogP contribution in [-0.2, 0) is 4.79 Å². The maximum Gasteiger partial charge on any atom is 0.219 e. The summed E-state index contributed by atoms with van der Waals surface area (Å²) >= 11 is 1.64. The Morgan fingerprint density at radius 1 is 1.24 bits per heavy atom. The van der Waals surface area contributed by atoms with Crippen LogP contribution < -0.4 is 0 Å². The van der Waals surface area contributed by atoms with Gasteiger partial charge in [-0.25, -0.2) is 4.98 Å². The highest BCUT2D eigenvalue weighted by Crippen LogP contribution is 2.35. The molecule has 4 heterocycles. The minimum Gasteiger partial charge on any atom is -0.341 e. The van der Waals surface area contributed by atoms with E-state index in [1.165, 1.54) is 0 Å². The van der Waals surface area contributed by atoms with Crippen molar-refractivity contribution in [1.29, 1.82) is 0 Å². The van der Waals surface area contributed by atoms with Gasteiger partial charge in [0.2, 0.25) is 5.91 Å². The molecule has 1 aromatic carbocycles. The lowest BCUT2D eigenvalue weighted by Crippen LogP contribution is -2.26. The van der Waals surface area contributed by atoms with Crippen LogP contribution in [0.5, 0.6) is 0 Å². The van der Waals surface area contributed by atoms with E-state index in [9.17, 15) is 4.79 Å². The van der Waals surface area contributed by atoms with Gasteiger partial charge >= 0.3 is 0 Å². The van der Waals surface area contributed by atoms with Crippen molar-refractivity contribution in [3.8, 4) is 22.5 Å². The molecule has 146 valence electrons. The van der Waals surface area contributed by atoms with Crippen molar-refractivity contribution in [2.45, 2.75) is 26.3 Å².